The first-order chi connectivity index (χ1) is 7.03. The minimum absolute atomic E-state index is 0.109. The molecule has 0 bridgehead atoms. The van der Waals surface area contributed by atoms with Crippen LogP contribution in [-0.4, -0.2) is 36.8 Å². The van der Waals surface area contributed by atoms with Crippen LogP contribution >= 0.6 is 11.6 Å². The van der Waals surface area contributed by atoms with Gasteiger partial charge in [0.15, 0.2) is 20.7 Å². The van der Waals surface area contributed by atoms with Gasteiger partial charge in [-0.2, -0.15) is 5.10 Å². The Balaban J connectivity index is 2.28. The van der Waals surface area contributed by atoms with Crippen LogP contribution in [0.5, 0.6) is 5.75 Å². The molecule has 7 heteroatoms. The molecule has 0 spiro atoms. The second-order valence-electron chi connectivity index (χ2n) is 3.51. The quantitative estimate of drug-likeness (QED) is 0.783. The number of hydrogen-bond donors (Lipinski definition) is 0. The number of methoxy groups -OCH3 is 1. The summed E-state index contributed by atoms with van der Waals surface area (Å²) in [6.07, 6.45) is 2.06. The van der Waals surface area contributed by atoms with Crippen molar-refractivity contribution in [2.75, 3.05) is 18.6 Å². The fraction of sp³-hybridized carbons (Fsp3) is 0.625. The molecule has 1 aromatic rings. The Bertz CT molecular complexity index is 468. The van der Waals surface area contributed by atoms with Crippen LogP contribution in [0.25, 0.3) is 0 Å². The molecule has 0 N–H and O–H groups in total. The van der Waals surface area contributed by atoms with E-state index in [1.807, 2.05) is 0 Å². The van der Waals surface area contributed by atoms with Crippen molar-refractivity contribution in [3.63, 3.8) is 0 Å². The Labute approximate surface area is 92.9 Å². The highest BCUT2D eigenvalue weighted by Crippen LogP contribution is 2.31. The van der Waals surface area contributed by atoms with E-state index in [-0.39, 0.29) is 17.5 Å². The topological polar surface area (TPSA) is 61.2 Å². The summed E-state index contributed by atoms with van der Waals surface area (Å²) in [5.74, 6) is 0.786. The number of rotatable bonds is 2. The largest absolute Gasteiger partial charge is 0.492 e. The fourth-order valence-electron chi connectivity index (χ4n) is 1.69. The molecular weight excluding hydrogens is 240 g/mol. The molecule has 0 aromatic carbocycles. The van der Waals surface area contributed by atoms with Gasteiger partial charge in [0.25, 0.3) is 0 Å². The van der Waals surface area contributed by atoms with Crippen molar-refractivity contribution in [2.24, 2.45) is 0 Å². The predicted molar refractivity (Wildman–Crippen MR) is 56.1 cm³/mol. The Morgan fingerprint density at radius 3 is 2.87 bits per heavy atom. The van der Waals surface area contributed by atoms with Gasteiger partial charge in [0.1, 0.15) is 0 Å². The van der Waals surface area contributed by atoms with Crippen LogP contribution in [0, 0.1) is 0 Å². The molecule has 0 aliphatic carbocycles. The molecule has 15 heavy (non-hydrogen) atoms. The SMILES string of the molecule is COc1cnn(C2CCS(=O)(=O)C2)c1Cl. The summed E-state index contributed by atoms with van der Waals surface area (Å²) < 4.78 is 29.1. The van der Waals surface area contributed by atoms with E-state index in [2.05, 4.69) is 5.10 Å². The van der Waals surface area contributed by atoms with Crippen LogP contribution in [0.15, 0.2) is 6.20 Å². The molecule has 0 saturated carbocycles. The summed E-state index contributed by atoms with van der Waals surface area (Å²) in [5, 5.41) is 4.39. The van der Waals surface area contributed by atoms with Crippen LogP contribution < -0.4 is 4.74 Å². The van der Waals surface area contributed by atoms with Crippen molar-refractivity contribution >= 4 is 21.4 Å². The van der Waals surface area contributed by atoms with E-state index < -0.39 is 9.84 Å². The van der Waals surface area contributed by atoms with Gasteiger partial charge in [0.05, 0.1) is 30.9 Å². The van der Waals surface area contributed by atoms with Crippen LogP contribution in [0.1, 0.15) is 12.5 Å². The van der Waals surface area contributed by atoms with Crippen LogP contribution in [0.4, 0.5) is 0 Å². The highest BCUT2D eigenvalue weighted by Gasteiger charge is 2.31. The summed E-state index contributed by atoms with van der Waals surface area (Å²) in [4.78, 5) is 0. The van der Waals surface area contributed by atoms with Crippen LogP contribution in [0.3, 0.4) is 0 Å². The molecule has 1 saturated heterocycles. The molecule has 1 fully saturated rings. The maximum atomic E-state index is 11.3. The van der Waals surface area contributed by atoms with Gasteiger partial charge in [-0.05, 0) is 6.42 Å². The minimum atomic E-state index is -2.92. The number of hydrogen-bond acceptors (Lipinski definition) is 4. The van der Waals surface area contributed by atoms with E-state index in [1.54, 1.807) is 0 Å². The predicted octanol–water partition coefficient (Wildman–Crippen LogP) is 0.905. The third kappa shape index (κ3) is 1.96. The van der Waals surface area contributed by atoms with Crippen molar-refractivity contribution < 1.29 is 13.2 Å². The van der Waals surface area contributed by atoms with Crippen molar-refractivity contribution in [3.05, 3.63) is 11.3 Å². The third-order valence-corrected chi connectivity index (χ3v) is 4.59. The van der Waals surface area contributed by atoms with Gasteiger partial charge in [-0.1, -0.05) is 11.6 Å². The molecule has 1 aromatic heterocycles. The van der Waals surface area contributed by atoms with Crippen LogP contribution in [0.2, 0.25) is 5.15 Å². The van der Waals surface area contributed by atoms with Crippen molar-refractivity contribution in [2.45, 2.75) is 12.5 Å². The maximum Gasteiger partial charge on any atom is 0.175 e. The fourth-order valence-corrected chi connectivity index (χ4v) is 3.69. The normalized spacial score (nSPS) is 24.3. The summed E-state index contributed by atoms with van der Waals surface area (Å²) >= 11 is 5.98. The number of nitrogens with zero attached hydrogens (tertiary/aromatic N) is 2. The second-order valence-corrected chi connectivity index (χ2v) is 6.09. The monoisotopic (exact) mass is 250 g/mol. The number of aromatic nitrogens is 2. The molecular formula is C8H11ClN2O3S. The van der Waals surface area contributed by atoms with Gasteiger partial charge in [0.2, 0.25) is 0 Å². The maximum absolute atomic E-state index is 11.3. The molecule has 2 heterocycles. The summed E-state index contributed by atoms with van der Waals surface area (Å²) in [5.41, 5.74) is 0. The lowest BCUT2D eigenvalue weighted by molar-refractivity contribution is 0.412. The highest BCUT2D eigenvalue weighted by atomic mass is 35.5. The summed E-state index contributed by atoms with van der Waals surface area (Å²) in [6, 6.07) is -0.161. The Morgan fingerprint density at radius 1 is 1.67 bits per heavy atom. The minimum Gasteiger partial charge on any atom is -0.492 e. The highest BCUT2D eigenvalue weighted by molar-refractivity contribution is 7.91. The van der Waals surface area contributed by atoms with Crippen molar-refractivity contribution in [1.29, 1.82) is 0 Å². The van der Waals surface area contributed by atoms with E-state index in [9.17, 15) is 8.42 Å². The van der Waals surface area contributed by atoms with E-state index >= 15 is 0 Å². The van der Waals surface area contributed by atoms with Gasteiger partial charge in [-0.25, -0.2) is 13.1 Å². The first-order valence-corrected chi connectivity index (χ1v) is 6.71. The van der Waals surface area contributed by atoms with Gasteiger partial charge in [0, 0.05) is 0 Å². The van der Waals surface area contributed by atoms with Crippen molar-refractivity contribution in [3.8, 4) is 5.75 Å². The molecule has 0 amide bonds. The molecule has 1 atom stereocenters. The smallest absolute Gasteiger partial charge is 0.175 e. The number of ether oxygens (including phenoxy) is 1. The lowest BCUT2D eigenvalue weighted by Gasteiger charge is -2.09. The molecule has 1 unspecified atom stereocenters. The number of halogens is 1. The first-order valence-electron chi connectivity index (χ1n) is 4.51. The first kappa shape index (κ1) is 10.8. The molecule has 1 aliphatic rings. The van der Waals surface area contributed by atoms with E-state index in [0.717, 1.165) is 0 Å². The molecule has 84 valence electrons. The van der Waals surface area contributed by atoms with Gasteiger partial charge < -0.3 is 4.74 Å². The van der Waals surface area contributed by atoms with E-state index in [1.165, 1.54) is 18.0 Å². The van der Waals surface area contributed by atoms with Gasteiger partial charge in [-0.3, -0.25) is 0 Å². The van der Waals surface area contributed by atoms with Crippen LogP contribution in [-0.2, 0) is 9.84 Å². The molecule has 5 nitrogen and oxygen atoms in total. The number of sulfone groups is 1. The average Bonchev–Trinajstić information content (AvgIpc) is 2.69. The lowest BCUT2D eigenvalue weighted by atomic mass is 10.3. The Hall–Kier alpha value is -0.750. The second kappa shape index (κ2) is 3.68. The van der Waals surface area contributed by atoms with Gasteiger partial charge >= 0.3 is 0 Å². The Kier molecular flexibility index (Phi) is 2.64. The Morgan fingerprint density at radius 2 is 2.40 bits per heavy atom. The van der Waals surface area contributed by atoms with Crippen molar-refractivity contribution in [1.82, 2.24) is 9.78 Å². The molecule has 0 radical (unpaired) electrons. The zero-order valence-corrected chi connectivity index (χ0v) is 9.75. The summed E-state index contributed by atoms with van der Waals surface area (Å²) in [6.45, 7) is 0. The molecule has 2 rings (SSSR count). The van der Waals surface area contributed by atoms with Gasteiger partial charge in [-0.15, -0.1) is 0 Å². The zero-order chi connectivity index (χ0) is 11.1. The third-order valence-electron chi connectivity index (χ3n) is 2.48. The zero-order valence-electron chi connectivity index (χ0n) is 8.18. The average molecular weight is 251 g/mol. The summed E-state index contributed by atoms with van der Waals surface area (Å²) in [7, 11) is -1.42. The van der Waals surface area contributed by atoms with E-state index in [0.29, 0.717) is 17.3 Å². The lowest BCUT2D eigenvalue weighted by Crippen LogP contribution is -2.12. The van der Waals surface area contributed by atoms with E-state index in [4.69, 9.17) is 16.3 Å². The molecule has 1 aliphatic heterocycles. The standard InChI is InChI=1S/C8H11ClN2O3S/c1-14-7-4-10-11(8(7)9)6-2-3-15(12,13)5-6/h4,6H,2-3,5H2,1H3.